The lowest BCUT2D eigenvalue weighted by atomic mass is 10.0. The molecule has 0 unspecified atom stereocenters. The molecular formula is C21H14Cl3N3. The number of halogens is 3. The summed E-state index contributed by atoms with van der Waals surface area (Å²) in [6, 6.07) is 20.7. The second-order valence-corrected chi connectivity index (χ2v) is 7.28. The van der Waals surface area contributed by atoms with Gasteiger partial charge in [0.05, 0.1) is 17.9 Å². The SMILES string of the molecule is Clc1ccc(NC2=Nc3ccc(Cl)cc3C(c3ccccc3Cl)=NC2)cc1. The zero-order valence-electron chi connectivity index (χ0n) is 14.1. The van der Waals surface area contributed by atoms with Gasteiger partial charge in [-0.05, 0) is 48.5 Å². The molecule has 0 saturated heterocycles. The molecule has 0 radical (unpaired) electrons. The van der Waals surface area contributed by atoms with E-state index in [4.69, 9.17) is 44.8 Å². The number of hydrogen-bond donors (Lipinski definition) is 1. The molecular weight excluding hydrogens is 401 g/mol. The molecule has 6 heteroatoms. The molecule has 0 fully saturated rings. The maximum absolute atomic E-state index is 6.42. The summed E-state index contributed by atoms with van der Waals surface area (Å²) < 4.78 is 0. The van der Waals surface area contributed by atoms with E-state index in [9.17, 15) is 0 Å². The second-order valence-electron chi connectivity index (χ2n) is 6.00. The van der Waals surface area contributed by atoms with Crippen molar-refractivity contribution in [1.82, 2.24) is 0 Å². The van der Waals surface area contributed by atoms with E-state index < -0.39 is 0 Å². The van der Waals surface area contributed by atoms with Gasteiger partial charge in [-0.2, -0.15) is 0 Å². The Kier molecular flexibility index (Phi) is 5.17. The number of anilines is 1. The van der Waals surface area contributed by atoms with Gasteiger partial charge in [0, 0.05) is 31.9 Å². The van der Waals surface area contributed by atoms with Crippen molar-refractivity contribution in [2.45, 2.75) is 0 Å². The van der Waals surface area contributed by atoms with Crippen LogP contribution in [0.1, 0.15) is 11.1 Å². The monoisotopic (exact) mass is 413 g/mol. The first-order valence-electron chi connectivity index (χ1n) is 8.29. The third-order valence-electron chi connectivity index (χ3n) is 4.12. The number of hydrogen-bond acceptors (Lipinski definition) is 3. The fourth-order valence-electron chi connectivity index (χ4n) is 2.87. The number of nitrogens with one attached hydrogen (secondary N) is 1. The maximum Gasteiger partial charge on any atom is 0.128 e. The van der Waals surface area contributed by atoms with Crippen molar-refractivity contribution >= 4 is 57.7 Å². The summed E-state index contributed by atoms with van der Waals surface area (Å²) in [6.45, 7) is 0.384. The van der Waals surface area contributed by atoms with Gasteiger partial charge in [-0.3, -0.25) is 4.99 Å². The van der Waals surface area contributed by atoms with Crippen LogP contribution in [0.5, 0.6) is 0 Å². The van der Waals surface area contributed by atoms with Gasteiger partial charge in [0.1, 0.15) is 5.84 Å². The Morgan fingerprint density at radius 3 is 2.30 bits per heavy atom. The highest BCUT2D eigenvalue weighted by molar-refractivity contribution is 6.36. The van der Waals surface area contributed by atoms with Gasteiger partial charge in [0.15, 0.2) is 0 Å². The molecule has 1 heterocycles. The van der Waals surface area contributed by atoms with Crippen LogP contribution in [0.2, 0.25) is 15.1 Å². The van der Waals surface area contributed by atoms with E-state index in [0.717, 1.165) is 34.0 Å². The minimum absolute atomic E-state index is 0.384. The van der Waals surface area contributed by atoms with Crippen LogP contribution in [0.25, 0.3) is 0 Å². The molecule has 0 saturated carbocycles. The molecule has 4 rings (SSSR count). The normalized spacial score (nSPS) is 13.3. The van der Waals surface area contributed by atoms with E-state index in [1.54, 1.807) is 0 Å². The van der Waals surface area contributed by atoms with Crippen LogP contribution in [-0.2, 0) is 0 Å². The van der Waals surface area contributed by atoms with Gasteiger partial charge in [0.25, 0.3) is 0 Å². The third-order valence-corrected chi connectivity index (χ3v) is 4.93. The van der Waals surface area contributed by atoms with Crippen LogP contribution in [0.15, 0.2) is 76.7 Å². The van der Waals surface area contributed by atoms with Crippen molar-refractivity contribution in [3.63, 3.8) is 0 Å². The number of amidine groups is 1. The standard InChI is InChI=1S/C21H14Cl3N3/c22-13-5-8-15(9-6-13)26-20-12-25-21(16-3-1-2-4-18(16)24)17-11-14(23)7-10-19(17)27-20/h1-11H,12H2,(H,26,27). The Bertz CT molecular complexity index is 1060. The molecule has 3 aromatic carbocycles. The van der Waals surface area contributed by atoms with Crippen molar-refractivity contribution in [3.05, 3.63) is 92.9 Å². The van der Waals surface area contributed by atoms with Gasteiger partial charge >= 0.3 is 0 Å². The van der Waals surface area contributed by atoms with E-state index >= 15 is 0 Å². The molecule has 0 aromatic heterocycles. The topological polar surface area (TPSA) is 36.8 Å². The summed E-state index contributed by atoms with van der Waals surface area (Å²) in [5.41, 5.74) is 4.15. The zero-order valence-corrected chi connectivity index (χ0v) is 16.4. The van der Waals surface area contributed by atoms with Crippen LogP contribution in [0.4, 0.5) is 11.4 Å². The number of fused-ring (bicyclic) bond motifs is 1. The molecule has 0 amide bonds. The van der Waals surface area contributed by atoms with Crippen LogP contribution in [-0.4, -0.2) is 18.1 Å². The zero-order chi connectivity index (χ0) is 18.8. The number of nitrogens with zero attached hydrogens (tertiary/aromatic N) is 2. The lowest BCUT2D eigenvalue weighted by Crippen LogP contribution is -2.15. The molecule has 1 N–H and O–H groups in total. The first-order valence-corrected chi connectivity index (χ1v) is 9.43. The number of benzene rings is 3. The van der Waals surface area contributed by atoms with Crippen LogP contribution in [0.3, 0.4) is 0 Å². The fourth-order valence-corrected chi connectivity index (χ4v) is 3.39. The number of aliphatic imine (C=N–C) groups is 2. The average molecular weight is 415 g/mol. The summed E-state index contributed by atoms with van der Waals surface area (Å²) in [4.78, 5) is 9.55. The molecule has 1 aliphatic rings. The predicted molar refractivity (Wildman–Crippen MR) is 116 cm³/mol. The Balaban J connectivity index is 1.77. The minimum Gasteiger partial charge on any atom is -0.342 e. The Morgan fingerprint density at radius 1 is 0.778 bits per heavy atom. The quantitative estimate of drug-likeness (QED) is 0.501. The van der Waals surface area contributed by atoms with Gasteiger partial charge in [-0.1, -0.05) is 53.0 Å². The van der Waals surface area contributed by atoms with Crippen molar-refractivity contribution < 1.29 is 0 Å². The fraction of sp³-hybridized carbons (Fsp3) is 0.0476. The lowest BCUT2D eigenvalue weighted by molar-refractivity contribution is 1.28. The summed E-state index contributed by atoms with van der Waals surface area (Å²) in [7, 11) is 0. The van der Waals surface area contributed by atoms with Crippen molar-refractivity contribution in [1.29, 1.82) is 0 Å². The van der Waals surface area contributed by atoms with Crippen LogP contribution in [0, 0.1) is 0 Å². The molecule has 27 heavy (non-hydrogen) atoms. The smallest absolute Gasteiger partial charge is 0.128 e. The third kappa shape index (κ3) is 4.01. The van der Waals surface area contributed by atoms with Crippen LogP contribution >= 0.6 is 34.8 Å². The molecule has 0 spiro atoms. The number of rotatable bonds is 2. The minimum atomic E-state index is 0.384. The molecule has 3 aromatic rings. The highest BCUT2D eigenvalue weighted by atomic mass is 35.5. The molecule has 134 valence electrons. The van der Waals surface area contributed by atoms with E-state index in [1.807, 2.05) is 66.7 Å². The molecule has 3 nitrogen and oxygen atoms in total. The van der Waals surface area contributed by atoms with Gasteiger partial charge in [-0.15, -0.1) is 0 Å². The van der Waals surface area contributed by atoms with Crippen LogP contribution < -0.4 is 5.32 Å². The maximum atomic E-state index is 6.42. The second kappa shape index (κ2) is 7.73. The molecule has 0 aliphatic carbocycles. The lowest BCUT2D eigenvalue weighted by Gasteiger charge is -2.10. The summed E-state index contributed by atoms with van der Waals surface area (Å²) >= 11 is 18.6. The van der Waals surface area contributed by atoms with Crippen molar-refractivity contribution in [2.75, 3.05) is 11.9 Å². The van der Waals surface area contributed by atoms with Crippen molar-refractivity contribution in [3.8, 4) is 0 Å². The van der Waals surface area contributed by atoms with E-state index in [1.165, 1.54) is 0 Å². The molecule has 1 aliphatic heterocycles. The van der Waals surface area contributed by atoms with Crippen molar-refractivity contribution in [2.24, 2.45) is 9.98 Å². The summed E-state index contributed by atoms with van der Waals surface area (Å²) in [5.74, 6) is 0.725. The van der Waals surface area contributed by atoms with E-state index in [-0.39, 0.29) is 0 Å². The Hall–Kier alpha value is -2.33. The van der Waals surface area contributed by atoms with E-state index in [0.29, 0.717) is 21.6 Å². The Labute approximate surface area is 172 Å². The van der Waals surface area contributed by atoms with Gasteiger partial charge in [-0.25, -0.2) is 4.99 Å². The average Bonchev–Trinajstić information content (AvgIpc) is 2.83. The highest BCUT2D eigenvalue weighted by Crippen LogP contribution is 2.30. The molecule has 0 atom stereocenters. The highest BCUT2D eigenvalue weighted by Gasteiger charge is 2.18. The Morgan fingerprint density at radius 2 is 1.52 bits per heavy atom. The predicted octanol–water partition coefficient (Wildman–Crippen LogP) is 6.64. The first kappa shape index (κ1) is 18.1. The summed E-state index contributed by atoms with van der Waals surface area (Å²) in [6.07, 6.45) is 0. The largest absolute Gasteiger partial charge is 0.342 e. The summed E-state index contributed by atoms with van der Waals surface area (Å²) in [5, 5.41) is 5.25. The first-order chi connectivity index (χ1) is 13.1. The van der Waals surface area contributed by atoms with E-state index in [2.05, 4.69) is 5.32 Å². The van der Waals surface area contributed by atoms with Gasteiger partial charge < -0.3 is 5.32 Å². The van der Waals surface area contributed by atoms with Gasteiger partial charge in [0.2, 0.25) is 0 Å². The molecule has 0 bridgehead atoms.